The largest absolute Gasteiger partial charge is 0.444 e. The molecule has 4 rings (SSSR count). The summed E-state index contributed by atoms with van der Waals surface area (Å²) in [7, 11) is 0. The van der Waals surface area contributed by atoms with E-state index in [4.69, 9.17) is 9.15 Å². The molecule has 0 bridgehead atoms. The standard InChI is InChI=1S/C20H20BrN5O3/c1-13-22-18(12-19(23-13)26-8-10-28-11-9-26)24-14-2-4-15(5-3-14)25-20(27)16-6-7-17(21)29-16/h2-7,12H,8-11H2,1H3,(H,25,27)(H,22,23,24). The van der Waals surface area contributed by atoms with Crippen LogP contribution in [0.5, 0.6) is 0 Å². The summed E-state index contributed by atoms with van der Waals surface area (Å²) in [6, 6.07) is 12.6. The molecule has 0 aliphatic carbocycles. The third kappa shape index (κ3) is 4.93. The van der Waals surface area contributed by atoms with Crippen molar-refractivity contribution in [1.29, 1.82) is 0 Å². The Labute approximate surface area is 176 Å². The fourth-order valence-electron chi connectivity index (χ4n) is 2.98. The molecule has 2 aromatic heterocycles. The van der Waals surface area contributed by atoms with Crippen molar-refractivity contribution in [2.75, 3.05) is 41.8 Å². The molecule has 0 radical (unpaired) electrons. The zero-order chi connectivity index (χ0) is 20.2. The Balaban J connectivity index is 1.43. The minimum Gasteiger partial charge on any atom is -0.444 e. The molecule has 3 heterocycles. The van der Waals surface area contributed by atoms with E-state index in [1.54, 1.807) is 12.1 Å². The van der Waals surface area contributed by atoms with E-state index in [0.717, 1.165) is 30.4 Å². The lowest BCUT2D eigenvalue weighted by atomic mass is 10.2. The van der Waals surface area contributed by atoms with Gasteiger partial charge in [0, 0.05) is 30.5 Å². The summed E-state index contributed by atoms with van der Waals surface area (Å²) in [5, 5.41) is 6.09. The number of morpholine rings is 1. The predicted molar refractivity (Wildman–Crippen MR) is 114 cm³/mol. The van der Waals surface area contributed by atoms with Crippen LogP contribution in [-0.4, -0.2) is 42.2 Å². The molecule has 1 aliphatic rings. The number of halogens is 1. The number of nitrogens with zero attached hydrogens (tertiary/aromatic N) is 3. The lowest BCUT2D eigenvalue weighted by Crippen LogP contribution is -2.36. The highest BCUT2D eigenvalue weighted by Crippen LogP contribution is 2.22. The number of aromatic nitrogens is 2. The molecule has 1 amide bonds. The molecule has 2 N–H and O–H groups in total. The van der Waals surface area contributed by atoms with Crippen LogP contribution < -0.4 is 15.5 Å². The van der Waals surface area contributed by atoms with E-state index in [2.05, 4.69) is 41.4 Å². The van der Waals surface area contributed by atoms with Gasteiger partial charge in [0.25, 0.3) is 5.91 Å². The van der Waals surface area contributed by atoms with Gasteiger partial charge < -0.3 is 24.7 Å². The monoisotopic (exact) mass is 457 g/mol. The zero-order valence-electron chi connectivity index (χ0n) is 15.8. The van der Waals surface area contributed by atoms with Gasteiger partial charge in [0.2, 0.25) is 0 Å². The number of hydrogen-bond acceptors (Lipinski definition) is 7. The Morgan fingerprint density at radius 2 is 1.79 bits per heavy atom. The van der Waals surface area contributed by atoms with Gasteiger partial charge in [0.05, 0.1) is 13.2 Å². The molecule has 150 valence electrons. The van der Waals surface area contributed by atoms with Gasteiger partial charge in [0.15, 0.2) is 10.4 Å². The molecule has 9 heteroatoms. The predicted octanol–water partition coefficient (Wildman–Crippen LogP) is 3.97. The molecule has 3 aromatic rings. The fraction of sp³-hybridized carbons (Fsp3) is 0.250. The minimum absolute atomic E-state index is 0.242. The van der Waals surface area contributed by atoms with Crippen molar-refractivity contribution >= 4 is 44.8 Å². The van der Waals surface area contributed by atoms with Crippen LogP contribution in [0.25, 0.3) is 0 Å². The Bertz CT molecular complexity index is 1000. The van der Waals surface area contributed by atoms with Gasteiger partial charge in [-0.25, -0.2) is 9.97 Å². The Hall–Kier alpha value is -2.91. The van der Waals surface area contributed by atoms with E-state index in [1.165, 1.54) is 0 Å². The molecule has 29 heavy (non-hydrogen) atoms. The van der Waals surface area contributed by atoms with Crippen LogP contribution >= 0.6 is 15.9 Å². The molecule has 8 nitrogen and oxygen atoms in total. The second kappa shape index (κ2) is 8.62. The maximum atomic E-state index is 12.2. The number of benzene rings is 1. The number of carbonyl (C=O) groups excluding carboxylic acids is 1. The summed E-state index contributed by atoms with van der Waals surface area (Å²) in [6.45, 7) is 4.91. The van der Waals surface area contributed by atoms with Crippen LogP contribution in [0.15, 0.2) is 51.6 Å². The van der Waals surface area contributed by atoms with E-state index in [9.17, 15) is 4.79 Å². The first kappa shape index (κ1) is 19.4. The van der Waals surface area contributed by atoms with Crippen molar-refractivity contribution in [3.63, 3.8) is 0 Å². The number of ether oxygens (including phenoxy) is 1. The van der Waals surface area contributed by atoms with Gasteiger partial charge >= 0.3 is 0 Å². The highest BCUT2D eigenvalue weighted by Gasteiger charge is 2.14. The molecule has 1 saturated heterocycles. The number of aryl methyl sites for hydroxylation is 1. The summed E-state index contributed by atoms with van der Waals surface area (Å²) in [5.41, 5.74) is 1.52. The van der Waals surface area contributed by atoms with E-state index < -0.39 is 0 Å². The number of hydrogen-bond donors (Lipinski definition) is 2. The summed E-state index contributed by atoms with van der Waals surface area (Å²) in [4.78, 5) is 23.4. The van der Waals surface area contributed by atoms with Crippen molar-refractivity contribution in [3.8, 4) is 0 Å². The SMILES string of the molecule is Cc1nc(Nc2ccc(NC(=O)c3ccc(Br)o3)cc2)cc(N2CCOCC2)n1. The van der Waals surface area contributed by atoms with Crippen molar-refractivity contribution in [1.82, 2.24) is 9.97 Å². The summed E-state index contributed by atoms with van der Waals surface area (Å²) in [5.74, 6) is 2.24. The quantitative estimate of drug-likeness (QED) is 0.598. The highest BCUT2D eigenvalue weighted by molar-refractivity contribution is 9.10. The molecule has 1 aromatic carbocycles. The molecule has 0 spiro atoms. The van der Waals surface area contributed by atoms with Crippen LogP contribution in [0.2, 0.25) is 0 Å². The summed E-state index contributed by atoms with van der Waals surface area (Å²) < 4.78 is 11.2. The van der Waals surface area contributed by atoms with Crippen LogP contribution in [0.1, 0.15) is 16.4 Å². The number of rotatable bonds is 5. The Morgan fingerprint density at radius 1 is 1.07 bits per heavy atom. The number of amides is 1. The maximum Gasteiger partial charge on any atom is 0.291 e. The first-order valence-corrected chi connectivity index (χ1v) is 9.98. The zero-order valence-corrected chi connectivity index (χ0v) is 17.4. The topological polar surface area (TPSA) is 92.5 Å². The minimum atomic E-state index is -0.307. The van der Waals surface area contributed by atoms with Crippen LogP contribution in [0.4, 0.5) is 23.0 Å². The summed E-state index contributed by atoms with van der Waals surface area (Å²) in [6.07, 6.45) is 0. The van der Waals surface area contributed by atoms with Crippen molar-refractivity contribution in [3.05, 3.63) is 58.7 Å². The van der Waals surface area contributed by atoms with Crippen molar-refractivity contribution in [2.45, 2.75) is 6.92 Å². The molecule has 1 aliphatic heterocycles. The first-order chi connectivity index (χ1) is 14.1. The second-order valence-electron chi connectivity index (χ2n) is 6.52. The lowest BCUT2D eigenvalue weighted by molar-refractivity contribution is 0.0995. The summed E-state index contributed by atoms with van der Waals surface area (Å²) >= 11 is 3.19. The van der Waals surface area contributed by atoms with E-state index in [-0.39, 0.29) is 11.7 Å². The average Bonchev–Trinajstić information content (AvgIpc) is 3.16. The third-order valence-electron chi connectivity index (χ3n) is 4.37. The van der Waals surface area contributed by atoms with Crippen LogP contribution in [0, 0.1) is 6.92 Å². The van der Waals surface area contributed by atoms with Crippen LogP contribution in [0.3, 0.4) is 0 Å². The smallest absolute Gasteiger partial charge is 0.291 e. The number of anilines is 4. The first-order valence-electron chi connectivity index (χ1n) is 9.19. The normalized spacial score (nSPS) is 13.9. The Morgan fingerprint density at radius 3 is 2.48 bits per heavy atom. The average molecular weight is 458 g/mol. The van der Waals surface area contributed by atoms with Gasteiger partial charge in [-0.15, -0.1) is 0 Å². The number of carbonyl (C=O) groups is 1. The fourth-order valence-corrected chi connectivity index (χ4v) is 3.29. The molecule has 0 atom stereocenters. The lowest BCUT2D eigenvalue weighted by Gasteiger charge is -2.28. The van der Waals surface area contributed by atoms with Gasteiger partial charge in [0.1, 0.15) is 17.5 Å². The van der Waals surface area contributed by atoms with E-state index in [1.807, 2.05) is 37.3 Å². The molecule has 0 saturated carbocycles. The van der Waals surface area contributed by atoms with E-state index >= 15 is 0 Å². The van der Waals surface area contributed by atoms with E-state index in [0.29, 0.717) is 29.4 Å². The van der Waals surface area contributed by atoms with Gasteiger partial charge in [-0.3, -0.25) is 4.79 Å². The second-order valence-corrected chi connectivity index (χ2v) is 7.30. The van der Waals surface area contributed by atoms with Crippen LogP contribution in [-0.2, 0) is 4.74 Å². The molecular formula is C20H20BrN5O3. The number of furan rings is 1. The third-order valence-corrected chi connectivity index (χ3v) is 4.80. The molecule has 1 fully saturated rings. The maximum absolute atomic E-state index is 12.2. The van der Waals surface area contributed by atoms with Crippen molar-refractivity contribution in [2.24, 2.45) is 0 Å². The number of nitrogens with one attached hydrogen (secondary N) is 2. The van der Waals surface area contributed by atoms with Gasteiger partial charge in [-0.1, -0.05) is 0 Å². The van der Waals surface area contributed by atoms with Gasteiger partial charge in [-0.2, -0.15) is 0 Å². The highest BCUT2D eigenvalue weighted by atomic mass is 79.9. The molecule has 0 unspecified atom stereocenters. The Kier molecular flexibility index (Phi) is 5.77. The van der Waals surface area contributed by atoms with Gasteiger partial charge in [-0.05, 0) is 59.3 Å². The van der Waals surface area contributed by atoms with Crippen molar-refractivity contribution < 1.29 is 13.9 Å². The molecular weight excluding hydrogens is 438 g/mol.